The average Bonchev–Trinajstić information content (AvgIpc) is 2.47. The summed E-state index contributed by atoms with van der Waals surface area (Å²) in [5.41, 5.74) is 4.45. The first-order valence-corrected chi connectivity index (χ1v) is 7.28. The molecule has 110 valence electrons. The van der Waals surface area contributed by atoms with Crippen LogP contribution in [0.2, 0.25) is 0 Å². The van der Waals surface area contributed by atoms with Crippen molar-refractivity contribution >= 4 is 21.8 Å². The number of carbonyl (C=O) groups excluding carboxylic acids is 1. The molecule has 0 bridgehead atoms. The van der Waals surface area contributed by atoms with Crippen LogP contribution in [0.25, 0.3) is 0 Å². The predicted octanol–water partition coefficient (Wildman–Crippen LogP) is 3.38. The summed E-state index contributed by atoms with van der Waals surface area (Å²) in [4.78, 5) is 16.7. The Hall–Kier alpha value is -1.85. The Morgan fingerprint density at radius 2 is 1.95 bits per heavy atom. The number of benzene rings is 2. The molecule has 0 fully saturated rings. The monoisotopic (exact) mass is 349 g/mol. The number of ether oxygens (including phenoxy) is 1. The van der Waals surface area contributed by atoms with Crippen molar-refractivity contribution in [2.45, 2.75) is 13.5 Å². The molecular weight excluding hydrogens is 334 g/mol. The molecule has 0 aliphatic rings. The van der Waals surface area contributed by atoms with Crippen LogP contribution in [0.1, 0.15) is 11.1 Å². The van der Waals surface area contributed by atoms with Crippen molar-refractivity contribution in [2.75, 3.05) is 6.61 Å². The standard InChI is InChI=1S/C16H16BrNO3/c1-12-7-8-15(14(17)9-12)20-11-16(19)18-21-10-13-5-3-2-4-6-13/h2-9H,10-11H2,1H3,(H,18,19). The molecule has 0 aliphatic carbocycles. The molecular formula is C16H16BrNO3. The molecule has 1 N–H and O–H groups in total. The van der Waals surface area contributed by atoms with E-state index in [1.54, 1.807) is 0 Å². The van der Waals surface area contributed by atoms with Crippen molar-refractivity contribution in [1.82, 2.24) is 5.48 Å². The summed E-state index contributed by atoms with van der Waals surface area (Å²) in [7, 11) is 0. The molecule has 0 saturated carbocycles. The summed E-state index contributed by atoms with van der Waals surface area (Å²) in [6.07, 6.45) is 0. The maximum Gasteiger partial charge on any atom is 0.281 e. The highest BCUT2D eigenvalue weighted by Gasteiger charge is 2.06. The zero-order valence-corrected chi connectivity index (χ0v) is 13.2. The minimum absolute atomic E-state index is 0.101. The lowest BCUT2D eigenvalue weighted by atomic mass is 10.2. The van der Waals surface area contributed by atoms with Gasteiger partial charge in [0, 0.05) is 0 Å². The van der Waals surface area contributed by atoms with Crippen molar-refractivity contribution in [1.29, 1.82) is 0 Å². The minimum atomic E-state index is -0.335. The van der Waals surface area contributed by atoms with E-state index in [0.717, 1.165) is 15.6 Å². The molecule has 2 aromatic rings. The van der Waals surface area contributed by atoms with E-state index in [9.17, 15) is 4.79 Å². The molecule has 4 nitrogen and oxygen atoms in total. The number of carbonyl (C=O) groups is 1. The highest BCUT2D eigenvalue weighted by molar-refractivity contribution is 9.10. The van der Waals surface area contributed by atoms with E-state index in [0.29, 0.717) is 12.4 Å². The Morgan fingerprint density at radius 1 is 1.19 bits per heavy atom. The molecule has 2 rings (SSSR count). The molecule has 0 aliphatic heterocycles. The van der Waals surface area contributed by atoms with E-state index in [1.165, 1.54) is 0 Å². The molecule has 0 saturated heterocycles. The van der Waals surface area contributed by atoms with E-state index in [1.807, 2.05) is 55.5 Å². The van der Waals surface area contributed by atoms with E-state index in [4.69, 9.17) is 9.57 Å². The fourth-order valence-corrected chi connectivity index (χ4v) is 2.28. The van der Waals surface area contributed by atoms with Crippen LogP contribution < -0.4 is 10.2 Å². The van der Waals surface area contributed by atoms with E-state index < -0.39 is 0 Å². The van der Waals surface area contributed by atoms with Gasteiger partial charge < -0.3 is 4.74 Å². The number of hydrogen-bond donors (Lipinski definition) is 1. The fourth-order valence-electron chi connectivity index (χ4n) is 1.67. The first-order valence-electron chi connectivity index (χ1n) is 6.48. The Morgan fingerprint density at radius 3 is 2.67 bits per heavy atom. The molecule has 21 heavy (non-hydrogen) atoms. The van der Waals surface area contributed by atoms with E-state index >= 15 is 0 Å². The van der Waals surface area contributed by atoms with Gasteiger partial charge in [0.05, 0.1) is 11.1 Å². The summed E-state index contributed by atoms with van der Waals surface area (Å²) in [6, 6.07) is 15.3. The lowest BCUT2D eigenvalue weighted by Crippen LogP contribution is -2.29. The second kappa shape index (κ2) is 7.81. The van der Waals surface area contributed by atoms with Crippen LogP contribution in [0.5, 0.6) is 5.75 Å². The van der Waals surface area contributed by atoms with Crippen LogP contribution >= 0.6 is 15.9 Å². The average molecular weight is 350 g/mol. The molecule has 1 amide bonds. The molecule has 5 heteroatoms. The van der Waals surface area contributed by atoms with Gasteiger partial charge in [-0.05, 0) is 46.1 Å². The van der Waals surface area contributed by atoms with Gasteiger partial charge in [-0.2, -0.15) is 0 Å². The second-order valence-electron chi connectivity index (χ2n) is 4.52. The predicted molar refractivity (Wildman–Crippen MR) is 83.7 cm³/mol. The SMILES string of the molecule is Cc1ccc(OCC(=O)NOCc2ccccc2)c(Br)c1. The van der Waals surface area contributed by atoms with Gasteiger partial charge in [0.25, 0.3) is 5.91 Å². The molecule has 0 atom stereocenters. The van der Waals surface area contributed by atoms with Crippen molar-refractivity contribution in [3.63, 3.8) is 0 Å². The Balaban J connectivity index is 1.72. The first-order chi connectivity index (χ1) is 10.1. The number of halogens is 1. The number of aryl methyl sites for hydroxylation is 1. The summed E-state index contributed by atoms with van der Waals surface area (Å²) in [6.45, 7) is 2.20. The number of rotatable bonds is 6. The van der Waals surface area contributed by atoms with Gasteiger partial charge in [0.15, 0.2) is 6.61 Å². The van der Waals surface area contributed by atoms with Crippen molar-refractivity contribution in [2.24, 2.45) is 0 Å². The largest absolute Gasteiger partial charge is 0.483 e. The molecule has 0 spiro atoms. The molecule has 0 aromatic heterocycles. The third-order valence-electron chi connectivity index (χ3n) is 2.71. The van der Waals surface area contributed by atoms with Crippen molar-refractivity contribution < 1.29 is 14.4 Å². The Bertz CT molecular complexity index is 602. The number of hydrogen-bond acceptors (Lipinski definition) is 3. The highest BCUT2D eigenvalue weighted by Crippen LogP contribution is 2.25. The van der Waals surface area contributed by atoms with Crippen LogP contribution in [0, 0.1) is 6.92 Å². The van der Waals surface area contributed by atoms with Gasteiger partial charge in [-0.3, -0.25) is 9.63 Å². The second-order valence-corrected chi connectivity index (χ2v) is 5.38. The summed E-state index contributed by atoms with van der Waals surface area (Å²) >= 11 is 3.39. The fraction of sp³-hybridized carbons (Fsp3) is 0.188. The molecule has 2 aromatic carbocycles. The quantitative estimate of drug-likeness (QED) is 0.813. The van der Waals surface area contributed by atoms with Gasteiger partial charge in [-0.1, -0.05) is 36.4 Å². The Labute approximate surface area is 132 Å². The van der Waals surface area contributed by atoms with Gasteiger partial charge in [-0.15, -0.1) is 0 Å². The molecule has 0 unspecified atom stereocenters. The Kier molecular flexibility index (Phi) is 5.78. The van der Waals surface area contributed by atoms with Crippen LogP contribution in [0.4, 0.5) is 0 Å². The van der Waals surface area contributed by atoms with Gasteiger partial charge >= 0.3 is 0 Å². The lowest BCUT2D eigenvalue weighted by molar-refractivity contribution is -0.136. The van der Waals surface area contributed by atoms with Crippen LogP contribution in [0.15, 0.2) is 53.0 Å². The van der Waals surface area contributed by atoms with Gasteiger partial charge in [0.2, 0.25) is 0 Å². The van der Waals surface area contributed by atoms with Crippen molar-refractivity contribution in [3.8, 4) is 5.75 Å². The maximum atomic E-state index is 11.6. The topological polar surface area (TPSA) is 47.6 Å². The van der Waals surface area contributed by atoms with Gasteiger partial charge in [0.1, 0.15) is 5.75 Å². The van der Waals surface area contributed by atoms with Crippen LogP contribution in [-0.2, 0) is 16.2 Å². The lowest BCUT2D eigenvalue weighted by Gasteiger charge is -2.09. The summed E-state index contributed by atoms with van der Waals surface area (Å²) in [5, 5.41) is 0. The van der Waals surface area contributed by atoms with Crippen LogP contribution in [-0.4, -0.2) is 12.5 Å². The zero-order chi connectivity index (χ0) is 15.1. The maximum absolute atomic E-state index is 11.6. The molecule has 0 heterocycles. The highest BCUT2D eigenvalue weighted by atomic mass is 79.9. The number of nitrogens with one attached hydrogen (secondary N) is 1. The zero-order valence-electron chi connectivity index (χ0n) is 11.6. The summed E-state index contributed by atoms with van der Waals surface area (Å²) < 4.78 is 6.24. The van der Waals surface area contributed by atoms with Gasteiger partial charge in [-0.25, -0.2) is 5.48 Å². The smallest absolute Gasteiger partial charge is 0.281 e. The summed E-state index contributed by atoms with van der Waals surface area (Å²) in [5.74, 6) is 0.289. The van der Waals surface area contributed by atoms with Crippen molar-refractivity contribution in [3.05, 3.63) is 64.1 Å². The third kappa shape index (κ3) is 5.21. The van der Waals surface area contributed by atoms with E-state index in [-0.39, 0.29) is 12.5 Å². The number of hydroxylamine groups is 1. The van der Waals surface area contributed by atoms with E-state index in [2.05, 4.69) is 21.4 Å². The first kappa shape index (κ1) is 15.5. The number of amides is 1. The van der Waals surface area contributed by atoms with Crippen LogP contribution in [0.3, 0.4) is 0 Å². The molecule has 0 radical (unpaired) electrons. The minimum Gasteiger partial charge on any atom is -0.483 e. The normalized spacial score (nSPS) is 10.2. The third-order valence-corrected chi connectivity index (χ3v) is 3.33.